The second-order valence-corrected chi connectivity index (χ2v) is 6.24. The molecule has 1 N–H and O–H groups in total. The van der Waals surface area contributed by atoms with Gasteiger partial charge in [0.05, 0.1) is 5.71 Å². The van der Waals surface area contributed by atoms with Crippen molar-refractivity contribution in [3.05, 3.63) is 23.8 Å². The highest BCUT2D eigenvalue weighted by Crippen LogP contribution is 2.27. The highest BCUT2D eigenvalue weighted by atomic mass is 16.2. The number of nitrogens with zero attached hydrogens (tertiary/aromatic N) is 1. The molecule has 0 spiro atoms. The molecule has 2 aliphatic carbocycles. The average molecular weight is 274 g/mol. The quantitative estimate of drug-likeness (QED) is 0.614. The van der Waals surface area contributed by atoms with E-state index in [-0.39, 0.29) is 11.8 Å². The lowest BCUT2D eigenvalue weighted by atomic mass is 9.85. The molecular formula is C17H26N2O. The fourth-order valence-corrected chi connectivity index (χ4v) is 3.00. The molecule has 0 radical (unpaired) electrons. The third-order valence-corrected chi connectivity index (χ3v) is 4.58. The van der Waals surface area contributed by atoms with Gasteiger partial charge in [-0.25, -0.2) is 5.43 Å². The van der Waals surface area contributed by atoms with Gasteiger partial charge in [-0.2, -0.15) is 5.10 Å². The Morgan fingerprint density at radius 3 is 2.65 bits per heavy atom. The summed E-state index contributed by atoms with van der Waals surface area (Å²) in [5, 5.41) is 4.38. The van der Waals surface area contributed by atoms with Gasteiger partial charge in [0.15, 0.2) is 0 Å². The Morgan fingerprint density at radius 2 is 2.00 bits per heavy atom. The van der Waals surface area contributed by atoms with Crippen molar-refractivity contribution < 1.29 is 4.79 Å². The predicted molar refractivity (Wildman–Crippen MR) is 83.4 cm³/mol. The number of allylic oxidation sites excluding steroid dienone is 3. The zero-order valence-corrected chi connectivity index (χ0v) is 12.7. The van der Waals surface area contributed by atoms with Gasteiger partial charge >= 0.3 is 0 Å². The van der Waals surface area contributed by atoms with Crippen LogP contribution in [0.4, 0.5) is 0 Å². The van der Waals surface area contributed by atoms with Crippen LogP contribution in [-0.2, 0) is 4.79 Å². The minimum atomic E-state index is 0.0995. The Morgan fingerprint density at radius 1 is 1.30 bits per heavy atom. The fraction of sp³-hybridized carbons (Fsp3) is 0.647. The summed E-state index contributed by atoms with van der Waals surface area (Å²) in [5.74, 6) is 0.726. The molecule has 0 aromatic heterocycles. The number of hydrogen-bond acceptors (Lipinski definition) is 2. The number of nitrogens with one attached hydrogen (secondary N) is 1. The summed E-state index contributed by atoms with van der Waals surface area (Å²) in [6.45, 7) is 8.17. The summed E-state index contributed by atoms with van der Waals surface area (Å²) in [6.07, 6.45) is 9.77. The lowest BCUT2D eigenvalue weighted by Crippen LogP contribution is -2.30. The van der Waals surface area contributed by atoms with Crippen molar-refractivity contribution in [3.63, 3.8) is 0 Å². The largest absolute Gasteiger partial charge is 0.273 e. The van der Waals surface area contributed by atoms with Crippen molar-refractivity contribution in [2.75, 3.05) is 0 Å². The summed E-state index contributed by atoms with van der Waals surface area (Å²) in [7, 11) is 0. The number of carbonyl (C=O) groups excluding carboxylic acids is 1. The Labute approximate surface area is 122 Å². The molecular weight excluding hydrogens is 248 g/mol. The Hall–Kier alpha value is -1.38. The van der Waals surface area contributed by atoms with Crippen molar-refractivity contribution >= 4 is 11.6 Å². The highest BCUT2D eigenvalue weighted by Gasteiger charge is 2.22. The molecule has 2 aliphatic rings. The molecule has 1 unspecified atom stereocenters. The first-order valence-corrected chi connectivity index (χ1v) is 7.77. The molecule has 1 saturated carbocycles. The summed E-state index contributed by atoms with van der Waals surface area (Å²) >= 11 is 0. The van der Waals surface area contributed by atoms with Crippen LogP contribution in [0.1, 0.15) is 58.8 Å². The minimum absolute atomic E-state index is 0.0995. The van der Waals surface area contributed by atoms with Crippen molar-refractivity contribution in [3.8, 4) is 0 Å². The van der Waals surface area contributed by atoms with Crippen LogP contribution in [0.2, 0.25) is 0 Å². The zero-order valence-electron chi connectivity index (χ0n) is 12.7. The summed E-state index contributed by atoms with van der Waals surface area (Å²) in [5.41, 5.74) is 6.18. The fourth-order valence-electron chi connectivity index (χ4n) is 3.00. The van der Waals surface area contributed by atoms with Gasteiger partial charge < -0.3 is 0 Å². The smallest absolute Gasteiger partial charge is 0.243 e. The van der Waals surface area contributed by atoms with Crippen molar-refractivity contribution in [1.82, 2.24) is 5.43 Å². The standard InChI is InChI=1S/C17H26N2O/c1-12(2)15-10-9-13(3)16(11-15)18-19-17(20)14-7-5-4-6-8-14/h9,14-15H,1,4-8,10-11H2,2-3H3,(H,19,20). The topological polar surface area (TPSA) is 41.5 Å². The van der Waals surface area contributed by atoms with Gasteiger partial charge in [0.1, 0.15) is 0 Å². The molecule has 3 nitrogen and oxygen atoms in total. The average Bonchev–Trinajstić information content (AvgIpc) is 2.46. The van der Waals surface area contributed by atoms with E-state index in [4.69, 9.17) is 0 Å². The molecule has 1 atom stereocenters. The first-order chi connectivity index (χ1) is 9.58. The maximum absolute atomic E-state index is 12.1. The van der Waals surface area contributed by atoms with Gasteiger partial charge in [-0.05, 0) is 51.0 Å². The van der Waals surface area contributed by atoms with E-state index in [1.807, 2.05) is 0 Å². The second kappa shape index (κ2) is 6.87. The van der Waals surface area contributed by atoms with E-state index in [0.29, 0.717) is 5.92 Å². The normalized spacial score (nSPS) is 26.2. The molecule has 0 aromatic carbocycles. The molecule has 0 aliphatic heterocycles. The van der Waals surface area contributed by atoms with Crippen LogP contribution in [0.15, 0.2) is 28.9 Å². The van der Waals surface area contributed by atoms with Crippen LogP contribution in [-0.4, -0.2) is 11.6 Å². The Kier molecular flexibility index (Phi) is 5.16. The van der Waals surface area contributed by atoms with Gasteiger partial charge in [0.25, 0.3) is 0 Å². The predicted octanol–water partition coefficient (Wildman–Crippen LogP) is 3.97. The molecule has 3 heteroatoms. The second-order valence-electron chi connectivity index (χ2n) is 6.24. The van der Waals surface area contributed by atoms with Gasteiger partial charge in [-0.3, -0.25) is 4.79 Å². The van der Waals surface area contributed by atoms with Crippen LogP contribution in [0.25, 0.3) is 0 Å². The molecule has 0 aromatic rings. The number of hydrogen-bond donors (Lipinski definition) is 1. The van der Waals surface area contributed by atoms with Gasteiger partial charge in [0, 0.05) is 5.92 Å². The number of hydrazone groups is 1. The lowest BCUT2D eigenvalue weighted by molar-refractivity contribution is -0.125. The summed E-state index contributed by atoms with van der Waals surface area (Å²) < 4.78 is 0. The maximum Gasteiger partial charge on any atom is 0.243 e. The molecule has 2 rings (SSSR count). The first-order valence-electron chi connectivity index (χ1n) is 7.77. The van der Waals surface area contributed by atoms with Crippen molar-refractivity contribution in [2.24, 2.45) is 16.9 Å². The van der Waals surface area contributed by atoms with E-state index in [1.54, 1.807) is 0 Å². The molecule has 0 saturated heterocycles. The van der Waals surface area contributed by atoms with E-state index in [1.165, 1.54) is 30.4 Å². The number of carbonyl (C=O) groups is 1. The third-order valence-electron chi connectivity index (χ3n) is 4.58. The Bertz CT molecular complexity index is 442. The first kappa shape index (κ1) is 15.0. The molecule has 110 valence electrons. The molecule has 1 amide bonds. The van der Waals surface area contributed by atoms with E-state index in [9.17, 15) is 4.79 Å². The maximum atomic E-state index is 12.1. The van der Waals surface area contributed by atoms with Gasteiger partial charge in [0.2, 0.25) is 5.91 Å². The van der Waals surface area contributed by atoms with Gasteiger partial charge in [-0.15, -0.1) is 0 Å². The van der Waals surface area contributed by atoms with E-state index in [2.05, 4.69) is 37.0 Å². The van der Waals surface area contributed by atoms with E-state index in [0.717, 1.165) is 31.4 Å². The van der Waals surface area contributed by atoms with Crippen LogP contribution >= 0.6 is 0 Å². The Balaban J connectivity index is 1.95. The SMILES string of the molecule is C=C(C)C1CC=C(C)C(=NNC(=O)C2CCCCC2)C1. The number of amides is 1. The molecule has 0 bridgehead atoms. The number of rotatable bonds is 3. The van der Waals surface area contributed by atoms with Crippen LogP contribution in [0.3, 0.4) is 0 Å². The summed E-state index contributed by atoms with van der Waals surface area (Å²) in [6, 6.07) is 0. The van der Waals surface area contributed by atoms with E-state index >= 15 is 0 Å². The van der Waals surface area contributed by atoms with Crippen LogP contribution < -0.4 is 5.43 Å². The summed E-state index contributed by atoms with van der Waals surface area (Å²) in [4.78, 5) is 12.1. The lowest BCUT2D eigenvalue weighted by Gasteiger charge is -2.23. The van der Waals surface area contributed by atoms with Crippen molar-refractivity contribution in [1.29, 1.82) is 0 Å². The molecule has 1 fully saturated rings. The molecule has 20 heavy (non-hydrogen) atoms. The van der Waals surface area contributed by atoms with Crippen molar-refractivity contribution in [2.45, 2.75) is 58.8 Å². The monoisotopic (exact) mass is 274 g/mol. The zero-order chi connectivity index (χ0) is 14.5. The highest BCUT2D eigenvalue weighted by molar-refractivity contribution is 6.01. The minimum Gasteiger partial charge on any atom is -0.273 e. The van der Waals surface area contributed by atoms with Gasteiger partial charge in [-0.1, -0.05) is 37.5 Å². The van der Waals surface area contributed by atoms with E-state index < -0.39 is 0 Å². The molecule has 0 heterocycles. The van der Waals surface area contributed by atoms with Crippen LogP contribution in [0, 0.1) is 11.8 Å². The third kappa shape index (κ3) is 3.81. The van der Waals surface area contributed by atoms with Crippen LogP contribution in [0.5, 0.6) is 0 Å².